The van der Waals surface area contributed by atoms with Gasteiger partial charge in [-0.25, -0.2) is 4.99 Å². The summed E-state index contributed by atoms with van der Waals surface area (Å²) < 4.78 is 0. The molecule has 0 saturated heterocycles. The molecule has 3 nitrogen and oxygen atoms in total. The highest BCUT2D eigenvalue weighted by molar-refractivity contribution is 6.11. The topological polar surface area (TPSA) is 36.8 Å². The SMILES string of the molecule is C/C=C(\C=NC)C1=CC=C2C(Nc3ccc(C)cc3)=NC=CC21.CCC.[HH]. The summed E-state index contributed by atoms with van der Waals surface area (Å²) in [5.41, 5.74) is 5.93. The first-order chi connectivity index (χ1) is 12.6. The van der Waals surface area contributed by atoms with Gasteiger partial charge in [0.15, 0.2) is 0 Å². The number of hydrogen-bond donors (Lipinski definition) is 1. The summed E-state index contributed by atoms with van der Waals surface area (Å²) in [6.07, 6.45) is 13.6. The molecule has 26 heavy (non-hydrogen) atoms. The summed E-state index contributed by atoms with van der Waals surface area (Å²) in [4.78, 5) is 8.68. The molecule has 0 bridgehead atoms. The van der Waals surface area contributed by atoms with Crippen LogP contribution in [-0.4, -0.2) is 19.1 Å². The van der Waals surface area contributed by atoms with E-state index in [-0.39, 0.29) is 7.34 Å². The number of aryl methyl sites for hydroxylation is 1. The second-order valence-corrected chi connectivity index (χ2v) is 6.37. The number of aliphatic imine (C=N–C) groups is 2. The van der Waals surface area contributed by atoms with Crippen LogP contribution in [-0.2, 0) is 0 Å². The molecule has 0 saturated carbocycles. The molecule has 138 valence electrons. The van der Waals surface area contributed by atoms with Crippen molar-refractivity contribution in [2.75, 3.05) is 12.4 Å². The van der Waals surface area contributed by atoms with Crippen LogP contribution in [0, 0.1) is 12.8 Å². The number of fused-ring (bicyclic) bond motifs is 1. The van der Waals surface area contributed by atoms with Crippen molar-refractivity contribution in [2.24, 2.45) is 15.9 Å². The third kappa shape index (κ3) is 4.69. The Kier molecular flexibility index (Phi) is 7.34. The van der Waals surface area contributed by atoms with E-state index in [9.17, 15) is 0 Å². The zero-order valence-corrected chi connectivity index (χ0v) is 16.5. The van der Waals surface area contributed by atoms with Gasteiger partial charge in [-0.1, -0.05) is 62.3 Å². The fourth-order valence-corrected chi connectivity index (χ4v) is 2.87. The zero-order chi connectivity index (χ0) is 18.9. The van der Waals surface area contributed by atoms with Gasteiger partial charge >= 0.3 is 0 Å². The third-order valence-electron chi connectivity index (χ3n) is 4.09. The van der Waals surface area contributed by atoms with E-state index in [1.165, 1.54) is 23.1 Å². The van der Waals surface area contributed by atoms with E-state index < -0.39 is 0 Å². The standard InChI is InChI=1S/C20H21N3.C3H8.H2/c1-4-15(13-21-3)17-9-10-19-18(17)11-12-22-20(19)23-16-7-5-14(2)6-8-16;1-3-2;/h4-13,18H,1-3H3,(H,22,23);3H2,1-2H3;1H/b15-4+,21-13?;;. The summed E-state index contributed by atoms with van der Waals surface area (Å²) in [5, 5.41) is 3.43. The molecular formula is C23H31N3. The van der Waals surface area contributed by atoms with E-state index in [1.807, 2.05) is 19.3 Å². The van der Waals surface area contributed by atoms with Gasteiger partial charge < -0.3 is 5.32 Å². The Morgan fingerprint density at radius 2 is 1.92 bits per heavy atom. The Bertz CT molecular complexity index is 793. The van der Waals surface area contributed by atoms with Crippen molar-refractivity contribution in [3.63, 3.8) is 0 Å². The Balaban J connectivity index is 0.000000855. The van der Waals surface area contributed by atoms with Crippen molar-refractivity contribution in [2.45, 2.75) is 34.1 Å². The minimum Gasteiger partial charge on any atom is -0.340 e. The lowest BCUT2D eigenvalue weighted by molar-refractivity contribution is 0.962. The first kappa shape index (κ1) is 19.6. The maximum atomic E-state index is 4.53. The maximum Gasteiger partial charge on any atom is 0.134 e. The predicted molar refractivity (Wildman–Crippen MR) is 117 cm³/mol. The molecule has 1 aliphatic heterocycles. The van der Waals surface area contributed by atoms with Gasteiger partial charge in [-0.2, -0.15) is 0 Å². The molecule has 1 heterocycles. The van der Waals surface area contributed by atoms with Crippen LogP contribution in [0.3, 0.4) is 0 Å². The first-order valence-electron chi connectivity index (χ1n) is 9.23. The molecule has 0 fully saturated rings. The predicted octanol–water partition coefficient (Wildman–Crippen LogP) is 6.12. The summed E-state index contributed by atoms with van der Waals surface area (Å²) in [5.74, 6) is 1.15. The molecule has 1 aliphatic carbocycles. The lowest BCUT2D eigenvalue weighted by Gasteiger charge is -2.21. The Morgan fingerprint density at radius 1 is 1.23 bits per heavy atom. The average molecular weight is 350 g/mol. The monoisotopic (exact) mass is 349 g/mol. The minimum atomic E-state index is 0. The molecule has 3 rings (SSSR count). The molecule has 2 aliphatic rings. The first-order valence-corrected chi connectivity index (χ1v) is 9.23. The van der Waals surface area contributed by atoms with Crippen LogP contribution in [0.4, 0.5) is 5.69 Å². The fourth-order valence-electron chi connectivity index (χ4n) is 2.87. The molecular weight excluding hydrogens is 318 g/mol. The summed E-state index contributed by atoms with van der Waals surface area (Å²) >= 11 is 0. The molecule has 0 amide bonds. The second-order valence-electron chi connectivity index (χ2n) is 6.37. The maximum absolute atomic E-state index is 4.53. The molecule has 1 atom stereocenters. The molecule has 0 radical (unpaired) electrons. The van der Waals surface area contributed by atoms with Crippen LogP contribution < -0.4 is 5.32 Å². The lowest BCUT2D eigenvalue weighted by atomic mass is 9.89. The van der Waals surface area contributed by atoms with Gasteiger partial charge in [0, 0.05) is 38.1 Å². The summed E-state index contributed by atoms with van der Waals surface area (Å²) in [6.45, 7) is 8.38. The number of rotatable bonds is 3. The van der Waals surface area contributed by atoms with Gasteiger partial charge in [-0.15, -0.1) is 0 Å². The highest BCUT2D eigenvalue weighted by Gasteiger charge is 2.27. The Morgan fingerprint density at radius 3 is 2.54 bits per heavy atom. The molecule has 1 unspecified atom stereocenters. The second kappa shape index (κ2) is 9.71. The number of amidine groups is 1. The number of anilines is 1. The minimum absolute atomic E-state index is 0. The summed E-state index contributed by atoms with van der Waals surface area (Å²) in [6, 6.07) is 8.36. The van der Waals surface area contributed by atoms with Crippen LogP contribution in [0.25, 0.3) is 0 Å². The molecule has 0 aromatic heterocycles. The van der Waals surface area contributed by atoms with Crippen LogP contribution in [0.5, 0.6) is 0 Å². The van der Waals surface area contributed by atoms with Crippen molar-refractivity contribution in [1.29, 1.82) is 0 Å². The van der Waals surface area contributed by atoms with Crippen LogP contribution in [0.15, 0.2) is 81.5 Å². The van der Waals surface area contributed by atoms with Crippen LogP contribution in [0.2, 0.25) is 0 Å². The average Bonchev–Trinajstić information content (AvgIpc) is 3.07. The normalized spacial score (nSPS) is 18.6. The Labute approximate surface area is 159 Å². The smallest absolute Gasteiger partial charge is 0.134 e. The van der Waals surface area contributed by atoms with Crippen LogP contribution >= 0.6 is 0 Å². The zero-order valence-electron chi connectivity index (χ0n) is 16.5. The van der Waals surface area contributed by atoms with Crippen molar-refractivity contribution in [3.8, 4) is 0 Å². The van der Waals surface area contributed by atoms with Gasteiger partial charge in [-0.05, 0) is 37.1 Å². The van der Waals surface area contributed by atoms with E-state index in [0.29, 0.717) is 0 Å². The number of allylic oxidation sites excluding steroid dienone is 6. The van der Waals surface area contributed by atoms with E-state index >= 15 is 0 Å². The number of nitrogens with zero attached hydrogens (tertiary/aromatic N) is 2. The highest BCUT2D eigenvalue weighted by atomic mass is 15.0. The van der Waals surface area contributed by atoms with Gasteiger partial charge in [0.05, 0.1) is 0 Å². The number of hydrogen-bond acceptors (Lipinski definition) is 3. The molecule has 1 aromatic carbocycles. The largest absolute Gasteiger partial charge is 0.340 e. The van der Waals surface area contributed by atoms with Crippen LogP contribution in [0.1, 0.15) is 34.2 Å². The van der Waals surface area contributed by atoms with Crippen molar-refractivity contribution in [3.05, 3.63) is 77.1 Å². The fraction of sp³-hybridized carbons (Fsp3) is 0.304. The van der Waals surface area contributed by atoms with E-state index in [2.05, 4.69) is 84.6 Å². The van der Waals surface area contributed by atoms with Crippen molar-refractivity contribution in [1.82, 2.24) is 0 Å². The van der Waals surface area contributed by atoms with Crippen molar-refractivity contribution < 1.29 is 1.43 Å². The van der Waals surface area contributed by atoms with E-state index in [0.717, 1.165) is 17.1 Å². The lowest BCUT2D eigenvalue weighted by Crippen LogP contribution is -2.21. The quantitative estimate of drug-likeness (QED) is 0.655. The van der Waals surface area contributed by atoms with Gasteiger partial charge in [0.2, 0.25) is 0 Å². The highest BCUT2D eigenvalue weighted by Crippen LogP contribution is 2.35. The third-order valence-corrected chi connectivity index (χ3v) is 4.09. The van der Waals surface area contributed by atoms with Gasteiger partial charge in [-0.3, -0.25) is 4.99 Å². The van der Waals surface area contributed by atoms with Gasteiger partial charge in [0.1, 0.15) is 5.84 Å². The molecule has 1 N–H and O–H groups in total. The molecule has 3 heteroatoms. The van der Waals surface area contributed by atoms with E-state index in [1.54, 1.807) is 7.05 Å². The van der Waals surface area contributed by atoms with E-state index in [4.69, 9.17) is 0 Å². The van der Waals surface area contributed by atoms with Crippen molar-refractivity contribution >= 4 is 17.7 Å². The molecule has 1 aromatic rings. The summed E-state index contributed by atoms with van der Waals surface area (Å²) in [7, 11) is 1.80. The number of benzene rings is 1. The molecule has 0 spiro atoms. The number of nitrogens with one attached hydrogen (secondary N) is 1. The Hall–Kier alpha value is -2.68. The van der Waals surface area contributed by atoms with Gasteiger partial charge in [0.25, 0.3) is 0 Å².